The molecular formula is C18H16F6O6. The van der Waals surface area contributed by atoms with Crippen molar-refractivity contribution in [2.45, 2.75) is 18.8 Å². The second-order valence-corrected chi connectivity index (χ2v) is 5.68. The number of halogens is 6. The van der Waals surface area contributed by atoms with E-state index in [-0.39, 0.29) is 22.8 Å². The molecule has 0 saturated carbocycles. The lowest BCUT2D eigenvalue weighted by Gasteiger charge is -2.21. The molecule has 0 aromatic heterocycles. The molecule has 0 aliphatic heterocycles. The zero-order valence-electron chi connectivity index (χ0n) is 15.7. The lowest BCUT2D eigenvalue weighted by Crippen LogP contribution is -2.19. The van der Waals surface area contributed by atoms with E-state index in [9.17, 15) is 31.4 Å². The maximum Gasteiger partial charge on any atom is 0.573 e. The van der Waals surface area contributed by atoms with Crippen LogP contribution in [0, 0.1) is 0 Å². The van der Waals surface area contributed by atoms with Crippen LogP contribution in [0.4, 0.5) is 26.3 Å². The standard InChI is InChI=1S/C18H16F6O6/c1-26-10-7-13(27-2)15(14(8-10)28-3)16(25)9-4-11(29-17(19,20)21)6-12(5-9)30-18(22,23)24/h4-8,16,25H,1-3H3. The van der Waals surface area contributed by atoms with E-state index in [0.29, 0.717) is 18.2 Å². The van der Waals surface area contributed by atoms with Crippen LogP contribution in [0.1, 0.15) is 17.2 Å². The quantitative estimate of drug-likeness (QED) is 0.633. The number of aliphatic hydroxyl groups excluding tert-OH is 1. The van der Waals surface area contributed by atoms with Crippen LogP contribution in [-0.4, -0.2) is 39.2 Å². The molecule has 2 rings (SSSR count). The zero-order valence-corrected chi connectivity index (χ0v) is 15.7. The van der Waals surface area contributed by atoms with Crippen molar-refractivity contribution in [3.8, 4) is 28.7 Å². The van der Waals surface area contributed by atoms with Gasteiger partial charge in [0.05, 0.1) is 26.9 Å². The predicted octanol–water partition coefficient (Wildman–Crippen LogP) is 4.59. The lowest BCUT2D eigenvalue weighted by molar-refractivity contribution is -0.276. The topological polar surface area (TPSA) is 66.4 Å². The van der Waals surface area contributed by atoms with E-state index >= 15 is 0 Å². The monoisotopic (exact) mass is 442 g/mol. The fourth-order valence-electron chi connectivity index (χ4n) is 2.61. The van der Waals surface area contributed by atoms with Gasteiger partial charge in [-0.1, -0.05) is 0 Å². The van der Waals surface area contributed by atoms with Gasteiger partial charge in [-0.2, -0.15) is 0 Å². The Kier molecular flexibility index (Phi) is 6.80. The molecule has 0 heterocycles. The molecule has 0 aliphatic rings. The smallest absolute Gasteiger partial charge is 0.496 e. The summed E-state index contributed by atoms with van der Waals surface area (Å²) in [4.78, 5) is 0. The summed E-state index contributed by atoms with van der Waals surface area (Å²) >= 11 is 0. The van der Waals surface area contributed by atoms with Gasteiger partial charge in [-0.15, -0.1) is 26.3 Å². The molecule has 30 heavy (non-hydrogen) atoms. The van der Waals surface area contributed by atoms with Crippen LogP contribution in [0.15, 0.2) is 30.3 Å². The molecule has 0 aliphatic carbocycles. The average Bonchev–Trinajstić information content (AvgIpc) is 2.63. The van der Waals surface area contributed by atoms with Gasteiger partial charge >= 0.3 is 12.7 Å². The molecule has 2 aromatic rings. The highest BCUT2D eigenvalue weighted by Crippen LogP contribution is 2.42. The van der Waals surface area contributed by atoms with Crippen LogP contribution < -0.4 is 23.7 Å². The number of rotatable bonds is 7. The maximum absolute atomic E-state index is 12.6. The Morgan fingerprint density at radius 3 is 1.43 bits per heavy atom. The number of methoxy groups -OCH3 is 3. The zero-order chi connectivity index (χ0) is 22.7. The molecule has 0 saturated heterocycles. The molecule has 2 aromatic carbocycles. The summed E-state index contributed by atoms with van der Waals surface area (Å²) in [5, 5.41) is 10.8. The molecule has 0 amide bonds. The number of alkyl halides is 6. The molecule has 1 N–H and O–H groups in total. The summed E-state index contributed by atoms with van der Waals surface area (Å²) in [6.45, 7) is 0. The van der Waals surface area contributed by atoms with Gasteiger partial charge in [0, 0.05) is 18.2 Å². The molecule has 0 spiro atoms. The van der Waals surface area contributed by atoms with Crippen molar-refractivity contribution in [2.75, 3.05) is 21.3 Å². The summed E-state index contributed by atoms with van der Waals surface area (Å²) in [5.74, 6) is -1.75. The van der Waals surface area contributed by atoms with Gasteiger partial charge in [0.15, 0.2) is 0 Å². The Balaban J connectivity index is 2.61. The van der Waals surface area contributed by atoms with E-state index in [1.807, 2.05) is 0 Å². The van der Waals surface area contributed by atoms with E-state index in [4.69, 9.17) is 14.2 Å². The fraction of sp³-hybridized carbons (Fsp3) is 0.333. The molecule has 6 nitrogen and oxygen atoms in total. The molecule has 1 atom stereocenters. The normalized spacial score (nSPS) is 12.9. The highest BCUT2D eigenvalue weighted by Gasteiger charge is 2.35. The Bertz CT molecular complexity index is 821. The van der Waals surface area contributed by atoms with Gasteiger partial charge in [0.25, 0.3) is 0 Å². The summed E-state index contributed by atoms with van der Waals surface area (Å²) in [5.41, 5.74) is -0.472. The first kappa shape index (κ1) is 23.3. The van der Waals surface area contributed by atoms with Crippen LogP contribution in [0.25, 0.3) is 0 Å². The van der Waals surface area contributed by atoms with Crippen LogP contribution in [-0.2, 0) is 0 Å². The van der Waals surface area contributed by atoms with Crippen LogP contribution in [0.5, 0.6) is 28.7 Å². The third-order valence-electron chi connectivity index (χ3n) is 3.71. The number of hydrogen-bond donors (Lipinski definition) is 1. The number of ether oxygens (including phenoxy) is 5. The van der Waals surface area contributed by atoms with E-state index in [1.54, 1.807) is 0 Å². The minimum atomic E-state index is -5.19. The number of hydrogen-bond acceptors (Lipinski definition) is 6. The minimum Gasteiger partial charge on any atom is -0.496 e. The highest BCUT2D eigenvalue weighted by atomic mass is 19.4. The third-order valence-corrected chi connectivity index (χ3v) is 3.71. The largest absolute Gasteiger partial charge is 0.573 e. The molecule has 166 valence electrons. The minimum absolute atomic E-state index is 0.0131. The van der Waals surface area contributed by atoms with E-state index in [2.05, 4.69) is 9.47 Å². The van der Waals surface area contributed by atoms with Crippen molar-refractivity contribution < 1.29 is 55.1 Å². The molecule has 0 bridgehead atoms. The number of aliphatic hydroxyl groups is 1. The Morgan fingerprint density at radius 2 is 1.10 bits per heavy atom. The van der Waals surface area contributed by atoms with Gasteiger partial charge in [-0.3, -0.25) is 0 Å². The summed E-state index contributed by atoms with van der Waals surface area (Å²) in [6, 6.07) is 4.52. The van der Waals surface area contributed by atoms with Gasteiger partial charge in [-0.25, -0.2) is 0 Å². The fourth-order valence-corrected chi connectivity index (χ4v) is 2.61. The van der Waals surface area contributed by atoms with Gasteiger partial charge in [0.2, 0.25) is 0 Å². The van der Waals surface area contributed by atoms with Crippen LogP contribution in [0.3, 0.4) is 0 Å². The number of benzene rings is 2. The molecule has 12 heteroatoms. The summed E-state index contributed by atoms with van der Waals surface area (Å²) < 4.78 is 98.3. The van der Waals surface area contributed by atoms with Crippen molar-refractivity contribution in [1.82, 2.24) is 0 Å². The second-order valence-electron chi connectivity index (χ2n) is 5.68. The van der Waals surface area contributed by atoms with Crippen LogP contribution >= 0.6 is 0 Å². The Morgan fingerprint density at radius 1 is 0.667 bits per heavy atom. The van der Waals surface area contributed by atoms with Gasteiger partial charge in [-0.05, 0) is 17.7 Å². The molecular weight excluding hydrogens is 426 g/mol. The van der Waals surface area contributed by atoms with E-state index in [1.165, 1.54) is 33.5 Å². The first-order valence-corrected chi connectivity index (χ1v) is 8.01. The SMILES string of the molecule is COc1cc(OC)c(C(O)c2cc(OC(F)(F)F)cc(OC(F)(F)F)c2)c(OC)c1. The summed E-state index contributed by atoms with van der Waals surface area (Å²) in [6.07, 6.45) is -12.1. The summed E-state index contributed by atoms with van der Waals surface area (Å²) in [7, 11) is 3.83. The van der Waals surface area contributed by atoms with Crippen molar-refractivity contribution in [3.63, 3.8) is 0 Å². The maximum atomic E-state index is 12.6. The third kappa shape index (κ3) is 5.99. The van der Waals surface area contributed by atoms with Gasteiger partial charge < -0.3 is 28.8 Å². The van der Waals surface area contributed by atoms with Crippen molar-refractivity contribution in [3.05, 3.63) is 41.5 Å². The first-order chi connectivity index (χ1) is 13.9. The molecule has 0 fully saturated rings. The van der Waals surface area contributed by atoms with Crippen molar-refractivity contribution in [2.24, 2.45) is 0 Å². The predicted molar refractivity (Wildman–Crippen MR) is 90.0 cm³/mol. The molecule has 1 unspecified atom stereocenters. The van der Waals surface area contributed by atoms with E-state index < -0.39 is 35.9 Å². The van der Waals surface area contributed by atoms with Crippen molar-refractivity contribution in [1.29, 1.82) is 0 Å². The van der Waals surface area contributed by atoms with E-state index in [0.717, 1.165) is 0 Å². The Labute approximate surface area is 166 Å². The van der Waals surface area contributed by atoms with Gasteiger partial charge in [0.1, 0.15) is 34.9 Å². The van der Waals surface area contributed by atoms with Crippen molar-refractivity contribution >= 4 is 0 Å². The molecule has 0 radical (unpaired) electrons. The lowest BCUT2D eigenvalue weighted by atomic mass is 9.98. The average molecular weight is 442 g/mol. The highest BCUT2D eigenvalue weighted by molar-refractivity contribution is 5.55. The second kappa shape index (κ2) is 8.78. The van der Waals surface area contributed by atoms with Crippen LogP contribution in [0.2, 0.25) is 0 Å². The Hall–Kier alpha value is -3.02. The first-order valence-electron chi connectivity index (χ1n) is 8.01.